The monoisotopic (exact) mass is 368 g/mol. The van der Waals surface area contributed by atoms with Crippen LogP contribution in [-0.2, 0) is 11.3 Å². The summed E-state index contributed by atoms with van der Waals surface area (Å²) in [5.74, 6) is 0.0255. The van der Waals surface area contributed by atoms with E-state index in [1.807, 2.05) is 12.1 Å². The van der Waals surface area contributed by atoms with E-state index in [9.17, 15) is 9.18 Å². The van der Waals surface area contributed by atoms with Gasteiger partial charge in [-0.3, -0.25) is 14.7 Å². The number of carbonyl (C=O) groups is 1. The minimum Gasteiger partial charge on any atom is -0.359 e. The van der Waals surface area contributed by atoms with Crippen LogP contribution in [0.1, 0.15) is 17.4 Å². The van der Waals surface area contributed by atoms with Gasteiger partial charge in [-0.15, -0.1) is 0 Å². The average molecular weight is 368 g/mol. The summed E-state index contributed by atoms with van der Waals surface area (Å²) in [5, 5.41) is 4.04. The lowest BCUT2D eigenvalue weighted by Crippen LogP contribution is -2.38. The first-order valence-corrected chi connectivity index (χ1v) is 8.48. The maximum absolute atomic E-state index is 13.6. The Balaban J connectivity index is 1.75. The van der Waals surface area contributed by atoms with Gasteiger partial charge in [-0.25, -0.2) is 4.39 Å². The number of halogens is 1. The number of carbonyl (C=O) groups excluding carboxylic acids is 1. The molecule has 0 spiro atoms. The minimum atomic E-state index is -0.591. The van der Waals surface area contributed by atoms with Crippen LogP contribution in [0.4, 0.5) is 4.39 Å². The van der Waals surface area contributed by atoms with Gasteiger partial charge >= 0.3 is 0 Å². The molecule has 140 valence electrons. The van der Waals surface area contributed by atoms with Gasteiger partial charge in [0.1, 0.15) is 17.6 Å². The van der Waals surface area contributed by atoms with E-state index < -0.39 is 6.04 Å². The molecule has 2 heterocycles. The van der Waals surface area contributed by atoms with E-state index in [0.29, 0.717) is 17.0 Å². The molecule has 0 N–H and O–H groups in total. The van der Waals surface area contributed by atoms with Gasteiger partial charge in [0.15, 0.2) is 5.76 Å². The molecule has 0 fully saturated rings. The van der Waals surface area contributed by atoms with E-state index in [1.54, 1.807) is 61.5 Å². The highest BCUT2D eigenvalue weighted by Gasteiger charge is 2.27. The maximum Gasteiger partial charge on any atom is 0.244 e. The standard InChI is InChI=1S/C20H21FN4O2/c1-24(2)19(14-6-4-8-16(21)10-14)20(26)25(3)13-17-11-18(23-27-17)15-7-5-9-22-12-15/h4-12,19H,13H2,1-3H3/t19-/m1/s1. The zero-order chi connectivity index (χ0) is 19.4. The molecule has 0 radical (unpaired) electrons. The highest BCUT2D eigenvalue weighted by Crippen LogP contribution is 2.23. The molecule has 27 heavy (non-hydrogen) atoms. The predicted molar refractivity (Wildman–Crippen MR) is 99.0 cm³/mol. The van der Waals surface area contributed by atoms with Crippen molar-refractivity contribution in [3.8, 4) is 11.3 Å². The topological polar surface area (TPSA) is 62.5 Å². The predicted octanol–water partition coefficient (Wildman–Crippen LogP) is 3.14. The van der Waals surface area contributed by atoms with Crippen LogP contribution in [0.2, 0.25) is 0 Å². The van der Waals surface area contributed by atoms with Crippen molar-refractivity contribution in [2.24, 2.45) is 0 Å². The van der Waals surface area contributed by atoms with E-state index in [2.05, 4.69) is 10.1 Å². The minimum absolute atomic E-state index is 0.162. The summed E-state index contributed by atoms with van der Waals surface area (Å²) < 4.78 is 19.0. The number of nitrogens with zero attached hydrogens (tertiary/aromatic N) is 4. The zero-order valence-electron chi connectivity index (χ0n) is 15.5. The van der Waals surface area contributed by atoms with Crippen LogP contribution in [0, 0.1) is 5.82 Å². The van der Waals surface area contributed by atoms with Crippen LogP contribution >= 0.6 is 0 Å². The summed E-state index contributed by atoms with van der Waals surface area (Å²) in [6.45, 7) is 0.256. The van der Waals surface area contributed by atoms with E-state index in [-0.39, 0.29) is 18.3 Å². The number of rotatable bonds is 6. The van der Waals surface area contributed by atoms with Crippen molar-refractivity contribution in [1.29, 1.82) is 0 Å². The highest BCUT2D eigenvalue weighted by atomic mass is 19.1. The van der Waals surface area contributed by atoms with Crippen molar-refractivity contribution >= 4 is 5.91 Å². The number of pyridine rings is 1. The Kier molecular flexibility index (Phi) is 5.61. The van der Waals surface area contributed by atoms with Gasteiger partial charge in [-0.05, 0) is 43.9 Å². The van der Waals surface area contributed by atoms with Crippen LogP contribution in [-0.4, -0.2) is 47.0 Å². The Hall–Kier alpha value is -3.06. The highest BCUT2D eigenvalue weighted by molar-refractivity contribution is 5.83. The summed E-state index contributed by atoms with van der Waals surface area (Å²) >= 11 is 0. The number of amides is 1. The first kappa shape index (κ1) is 18.7. The third-order valence-electron chi connectivity index (χ3n) is 4.20. The van der Waals surface area contributed by atoms with Gasteiger partial charge in [0.2, 0.25) is 5.91 Å². The van der Waals surface area contributed by atoms with E-state index in [4.69, 9.17) is 4.52 Å². The number of hydrogen-bond donors (Lipinski definition) is 0. The molecule has 3 rings (SSSR count). The lowest BCUT2D eigenvalue weighted by atomic mass is 10.0. The van der Waals surface area contributed by atoms with Crippen LogP contribution in [0.3, 0.4) is 0 Å². The summed E-state index contributed by atoms with van der Waals surface area (Å²) in [5.41, 5.74) is 2.10. The van der Waals surface area contributed by atoms with Gasteiger partial charge in [-0.2, -0.15) is 0 Å². The summed E-state index contributed by atoms with van der Waals surface area (Å²) in [7, 11) is 5.26. The molecule has 1 amide bonds. The van der Waals surface area contributed by atoms with Gasteiger partial charge in [0.05, 0.1) is 6.54 Å². The summed E-state index contributed by atoms with van der Waals surface area (Å²) in [6.07, 6.45) is 3.38. The zero-order valence-corrected chi connectivity index (χ0v) is 15.5. The smallest absolute Gasteiger partial charge is 0.244 e. The lowest BCUT2D eigenvalue weighted by molar-refractivity contribution is -0.135. The van der Waals surface area contributed by atoms with Crippen molar-refractivity contribution in [3.63, 3.8) is 0 Å². The Morgan fingerprint density at radius 1 is 1.19 bits per heavy atom. The second-order valence-electron chi connectivity index (χ2n) is 6.54. The Morgan fingerprint density at radius 3 is 2.67 bits per heavy atom. The quantitative estimate of drug-likeness (QED) is 0.669. The van der Waals surface area contributed by atoms with Gasteiger partial charge in [-0.1, -0.05) is 17.3 Å². The Labute approximate surface area is 157 Å². The molecular weight excluding hydrogens is 347 g/mol. The fourth-order valence-electron chi connectivity index (χ4n) is 2.90. The largest absolute Gasteiger partial charge is 0.359 e. The third kappa shape index (κ3) is 4.38. The summed E-state index contributed by atoms with van der Waals surface area (Å²) in [6, 6.07) is 11.0. The summed E-state index contributed by atoms with van der Waals surface area (Å²) in [4.78, 5) is 20.3. The van der Waals surface area contributed by atoms with Gasteiger partial charge in [0.25, 0.3) is 0 Å². The molecule has 0 aliphatic carbocycles. The molecule has 1 atom stereocenters. The molecule has 0 saturated carbocycles. The van der Waals surface area contributed by atoms with E-state index in [0.717, 1.165) is 5.56 Å². The third-order valence-corrected chi connectivity index (χ3v) is 4.20. The van der Waals surface area contributed by atoms with Gasteiger partial charge < -0.3 is 9.42 Å². The second-order valence-corrected chi connectivity index (χ2v) is 6.54. The van der Waals surface area contributed by atoms with Crippen molar-refractivity contribution in [1.82, 2.24) is 19.9 Å². The lowest BCUT2D eigenvalue weighted by Gasteiger charge is -2.28. The molecule has 0 aliphatic rings. The Morgan fingerprint density at radius 2 is 2.00 bits per heavy atom. The van der Waals surface area contributed by atoms with Gasteiger partial charge in [0, 0.05) is 31.1 Å². The molecule has 0 unspecified atom stereocenters. The normalized spacial score (nSPS) is 12.2. The molecule has 0 bridgehead atoms. The fourth-order valence-corrected chi connectivity index (χ4v) is 2.90. The molecule has 2 aromatic heterocycles. The van der Waals surface area contributed by atoms with Crippen molar-refractivity contribution in [2.45, 2.75) is 12.6 Å². The molecule has 3 aromatic rings. The van der Waals surface area contributed by atoms with E-state index >= 15 is 0 Å². The molecule has 1 aromatic carbocycles. The number of benzene rings is 1. The molecule has 0 saturated heterocycles. The van der Waals surface area contributed by atoms with E-state index in [1.165, 1.54) is 12.1 Å². The van der Waals surface area contributed by atoms with Crippen molar-refractivity contribution < 1.29 is 13.7 Å². The molecular formula is C20H21FN4O2. The van der Waals surface area contributed by atoms with Crippen LogP contribution in [0.5, 0.6) is 0 Å². The number of aromatic nitrogens is 2. The molecule has 0 aliphatic heterocycles. The first-order valence-electron chi connectivity index (χ1n) is 8.48. The molecule has 7 heteroatoms. The number of likely N-dealkylation sites (N-methyl/N-ethyl adjacent to an activating group) is 2. The van der Waals surface area contributed by atoms with Crippen molar-refractivity contribution in [2.75, 3.05) is 21.1 Å². The van der Waals surface area contributed by atoms with Crippen LogP contribution in [0.15, 0.2) is 59.4 Å². The Bertz CT molecular complexity index is 911. The SMILES string of the molecule is CN(Cc1cc(-c2cccnc2)no1)C(=O)[C@@H](c1cccc(F)c1)N(C)C. The second kappa shape index (κ2) is 8.09. The van der Waals surface area contributed by atoms with Crippen molar-refractivity contribution in [3.05, 3.63) is 72.0 Å². The fraction of sp³-hybridized carbons (Fsp3) is 0.250. The number of hydrogen-bond acceptors (Lipinski definition) is 5. The van der Waals surface area contributed by atoms with Crippen LogP contribution in [0.25, 0.3) is 11.3 Å². The molecule has 6 nitrogen and oxygen atoms in total. The first-order chi connectivity index (χ1) is 13.0. The van der Waals surface area contributed by atoms with Crippen LogP contribution < -0.4 is 0 Å². The average Bonchev–Trinajstić information content (AvgIpc) is 3.11. The maximum atomic E-state index is 13.6.